The molecule has 0 N–H and O–H groups in total. The van der Waals surface area contributed by atoms with Gasteiger partial charge in [-0.05, 0) is 46.9 Å². The summed E-state index contributed by atoms with van der Waals surface area (Å²) in [7, 11) is 5.50. The van der Waals surface area contributed by atoms with Crippen molar-refractivity contribution < 1.29 is 4.79 Å². The Morgan fingerprint density at radius 3 is 2.56 bits per heavy atom. The Hall–Kier alpha value is -1.86. The molecule has 0 saturated carbocycles. The van der Waals surface area contributed by atoms with Gasteiger partial charge in [-0.15, -0.1) is 0 Å². The monoisotopic (exact) mass is 465 g/mol. The second kappa shape index (κ2) is 7.17. The van der Waals surface area contributed by atoms with Crippen LogP contribution in [0.2, 0.25) is 5.02 Å². The minimum Gasteiger partial charge on any atom is -0.382 e. The lowest BCUT2D eigenvalue weighted by Crippen LogP contribution is -2.27. The fourth-order valence-electron chi connectivity index (χ4n) is 2.69. The maximum Gasteiger partial charge on any atom is 0.278 e. The van der Waals surface area contributed by atoms with Crippen LogP contribution in [0.3, 0.4) is 0 Å². The lowest BCUT2D eigenvalue weighted by molar-refractivity contribution is -0.114. The van der Waals surface area contributed by atoms with Crippen molar-refractivity contribution >= 4 is 51.5 Å². The van der Waals surface area contributed by atoms with E-state index in [0.29, 0.717) is 16.4 Å². The van der Waals surface area contributed by atoms with Gasteiger partial charge in [0.1, 0.15) is 5.70 Å². The van der Waals surface area contributed by atoms with Crippen LogP contribution < -0.4 is 4.90 Å². The SMILES string of the molecule is CN(C)C=C1N=C(c2ccccc2Cl)c2cc(I)ccc2N(C)C1=O. The van der Waals surface area contributed by atoms with Gasteiger partial charge in [-0.25, -0.2) is 4.99 Å². The standard InChI is InChI=1S/C19H17ClIN3O/c1-23(2)11-16-19(25)24(3)17-9-8-12(21)10-14(17)18(22-16)13-6-4-5-7-15(13)20/h4-11H,1-3H3. The van der Waals surface area contributed by atoms with E-state index in [9.17, 15) is 4.79 Å². The van der Waals surface area contributed by atoms with Crippen LogP contribution in [0.1, 0.15) is 11.1 Å². The number of halogens is 2. The van der Waals surface area contributed by atoms with Crippen molar-refractivity contribution in [3.8, 4) is 0 Å². The number of hydrogen-bond donors (Lipinski definition) is 0. The van der Waals surface area contributed by atoms with Crippen molar-refractivity contribution in [2.45, 2.75) is 0 Å². The topological polar surface area (TPSA) is 35.9 Å². The average molecular weight is 466 g/mol. The van der Waals surface area contributed by atoms with E-state index in [1.807, 2.05) is 61.5 Å². The molecule has 0 radical (unpaired) electrons. The molecule has 0 aromatic heterocycles. The second-order valence-electron chi connectivity index (χ2n) is 5.94. The molecule has 0 aliphatic carbocycles. The highest BCUT2D eigenvalue weighted by Crippen LogP contribution is 2.32. The number of rotatable bonds is 2. The maximum atomic E-state index is 12.9. The molecule has 0 saturated heterocycles. The van der Waals surface area contributed by atoms with Crippen LogP contribution in [0.25, 0.3) is 0 Å². The molecule has 0 bridgehead atoms. The van der Waals surface area contributed by atoms with Crippen LogP contribution in [0.5, 0.6) is 0 Å². The fraction of sp³-hybridized carbons (Fsp3) is 0.158. The van der Waals surface area contributed by atoms with Crippen molar-refractivity contribution in [1.82, 2.24) is 4.90 Å². The zero-order chi connectivity index (χ0) is 18.1. The van der Waals surface area contributed by atoms with E-state index in [1.165, 1.54) is 0 Å². The minimum absolute atomic E-state index is 0.154. The summed E-state index contributed by atoms with van der Waals surface area (Å²) >= 11 is 8.69. The Bertz CT molecular complexity index is 905. The molecule has 0 fully saturated rings. The Balaban J connectivity index is 2.34. The van der Waals surface area contributed by atoms with E-state index in [0.717, 1.165) is 20.4 Å². The summed E-state index contributed by atoms with van der Waals surface area (Å²) in [5, 5.41) is 0.604. The van der Waals surface area contributed by atoms with Gasteiger partial charge in [0.15, 0.2) is 0 Å². The highest BCUT2D eigenvalue weighted by molar-refractivity contribution is 14.1. The number of carbonyl (C=O) groups excluding carboxylic acids is 1. The molecule has 0 spiro atoms. The van der Waals surface area contributed by atoms with E-state index in [-0.39, 0.29) is 5.91 Å². The first-order valence-corrected chi connectivity index (χ1v) is 9.14. The summed E-state index contributed by atoms with van der Waals surface area (Å²) in [4.78, 5) is 21.0. The number of aliphatic imine (C=N–C) groups is 1. The number of carbonyl (C=O) groups is 1. The molecule has 1 aliphatic rings. The summed E-state index contributed by atoms with van der Waals surface area (Å²) in [5.41, 5.74) is 3.57. The zero-order valence-corrected chi connectivity index (χ0v) is 17.0. The van der Waals surface area contributed by atoms with Gasteiger partial charge in [-0.3, -0.25) is 4.79 Å². The molecular formula is C19H17ClIN3O. The van der Waals surface area contributed by atoms with Gasteiger partial charge in [-0.1, -0.05) is 29.8 Å². The Morgan fingerprint density at radius 2 is 1.88 bits per heavy atom. The Labute approximate surface area is 165 Å². The van der Waals surface area contributed by atoms with E-state index in [1.54, 1.807) is 18.1 Å². The van der Waals surface area contributed by atoms with Gasteiger partial charge in [0, 0.05) is 47.1 Å². The lowest BCUT2D eigenvalue weighted by atomic mass is 10.0. The first-order valence-electron chi connectivity index (χ1n) is 7.68. The average Bonchev–Trinajstić information content (AvgIpc) is 2.66. The molecule has 0 unspecified atom stereocenters. The highest BCUT2D eigenvalue weighted by atomic mass is 127. The number of benzodiazepines with no additional fused rings is 1. The van der Waals surface area contributed by atoms with Crippen LogP contribution in [0.15, 0.2) is 59.4 Å². The predicted octanol–water partition coefficient (Wildman–Crippen LogP) is 4.16. The number of nitrogens with zero attached hydrogens (tertiary/aromatic N) is 3. The van der Waals surface area contributed by atoms with Gasteiger partial charge in [-0.2, -0.15) is 0 Å². The molecule has 2 aromatic rings. The van der Waals surface area contributed by atoms with Crippen molar-refractivity contribution in [3.63, 3.8) is 0 Å². The fourth-order valence-corrected chi connectivity index (χ4v) is 3.40. The second-order valence-corrected chi connectivity index (χ2v) is 7.60. The van der Waals surface area contributed by atoms with Gasteiger partial charge in [0.25, 0.3) is 5.91 Å². The number of anilines is 1. The molecule has 128 valence electrons. The highest BCUT2D eigenvalue weighted by Gasteiger charge is 2.27. The summed E-state index contributed by atoms with van der Waals surface area (Å²) in [6.07, 6.45) is 1.73. The number of benzene rings is 2. The van der Waals surface area contributed by atoms with E-state index in [2.05, 4.69) is 22.6 Å². The zero-order valence-electron chi connectivity index (χ0n) is 14.1. The van der Waals surface area contributed by atoms with E-state index >= 15 is 0 Å². The first kappa shape index (κ1) is 17.9. The third-order valence-electron chi connectivity index (χ3n) is 3.84. The van der Waals surface area contributed by atoms with Crippen LogP contribution >= 0.6 is 34.2 Å². The number of likely N-dealkylation sites (N-methyl/N-ethyl adjacent to an activating group) is 1. The molecule has 1 heterocycles. The van der Waals surface area contributed by atoms with E-state index < -0.39 is 0 Å². The summed E-state index contributed by atoms with van der Waals surface area (Å²) in [6, 6.07) is 13.5. The van der Waals surface area contributed by atoms with Gasteiger partial charge >= 0.3 is 0 Å². The minimum atomic E-state index is -0.154. The molecule has 25 heavy (non-hydrogen) atoms. The third kappa shape index (κ3) is 3.57. The van der Waals surface area contributed by atoms with E-state index in [4.69, 9.17) is 16.6 Å². The molecule has 0 atom stereocenters. The van der Waals surface area contributed by atoms with Crippen molar-refractivity contribution in [2.24, 2.45) is 4.99 Å². The van der Waals surface area contributed by atoms with Gasteiger partial charge in [0.2, 0.25) is 0 Å². The normalized spacial score (nSPS) is 15.7. The van der Waals surface area contributed by atoms with Crippen LogP contribution in [-0.4, -0.2) is 37.7 Å². The number of fused-ring (bicyclic) bond motifs is 1. The number of hydrogen-bond acceptors (Lipinski definition) is 3. The quantitative estimate of drug-likeness (QED) is 0.493. The van der Waals surface area contributed by atoms with Gasteiger partial charge in [0.05, 0.1) is 11.4 Å². The molecule has 4 nitrogen and oxygen atoms in total. The summed E-state index contributed by atoms with van der Waals surface area (Å²) in [6.45, 7) is 0. The molecule has 2 aromatic carbocycles. The Morgan fingerprint density at radius 1 is 1.16 bits per heavy atom. The van der Waals surface area contributed by atoms with Crippen LogP contribution in [0.4, 0.5) is 5.69 Å². The summed E-state index contributed by atoms with van der Waals surface area (Å²) in [5.74, 6) is -0.154. The molecular weight excluding hydrogens is 449 g/mol. The van der Waals surface area contributed by atoms with Crippen molar-refractivity contribution in [2.75, 3.05) is 26.0 Å². The number of amides is 1. The maximum absolute atomic E-state index is 12.9. The lowest BCUT2D eigenvalue weighted by Gasteiger charge is -2.18. The third-order valence-corrected chi connectivity index (χ3v) is 4.84. The smallest absolute Gasteiger partial charge is 0.278 e. The Kier molecular flexibility index (Phi) is 5.15. The van der Waals surface area contributed by atoms with Crippen molar-refractivity contribution in [3.05, 3.63) is 74.1 Å². The summed E-state index contributed by atoms with van der Waals surface area (Å²) < 4.78 is 1.07. The largest absolute Gasteiger partial charge is 0.382 e. The predicted molar refractivity (Wildman–Crippen MR) is 111 cm³/mol. The first-order chi connectivity index (χ1) is 11.9. The van der Waals surface area contributed by atoms with Crippen molar-refractivity contribution in [1.29, 1.82) is 0 Å². The molecule has 1 aliphatic heterocycles. The molecule has 3 rings (SSSR count). The van der Waals surface area contributed by atoms with Crippen LogP contribution in [0, 0.1) is 3.57 Å². The molecule has 1 amide bonds. The molecule has 6 heteroatoms. The van der Waals surface area contributed by atoms with Crippen LogP contribution in [-0.2, 0) is 4.79 Å². The van der Waals surface area contributed by atoms with Gasteiger partial charge < -0.3 is 9.80 Å².